The van der Waals surface area contributed by atoms with Crippen molar-refractivity contribution in [2.75, 3.05) is 26.2 Å². The van der Waals surface area contributed by atoms with Crippen LogP contribution in [-0.4, -0.2) is 47.8 Å². The Morgan fingerprint density at radius 3 is 2.07 bits per heavy atom. The first-order valence-corrected chi connectivity index (χ1v) is 9.52. The van der Waals surface area contributed by atoms with Crippen LogP contribution in [0, 0.1) is 5.82 Å². The van der Waals surface area contributed by atoms with E-state index in [0.29, 0.717) is 31.7 Å². The van der Waals surface area contributed by atoms with E-state index < -0.39 is 5.82 Å². The molecule has 5 heteroatoms. The summed E-state index contributed by atoms with van der Waals surface area (Å²) in [7, 11) is 0. The Morgan fingerprint density at radius 1 is 0.889 bits per heavy atom. The van der Waals surface area contributed by atoms with Crippen LogP contribution in [-0.2, 0) is 6.42 Å². The quantitative estimate of drug-likeness (QED) is 0.806. The summed E-state index contributed by atoms with van der Waals surface area (Å²) in [6.07, 6.45) is 3.32. The molecule has 0 radical (unpaired) electrons. The van der Waals surface area contributed by atoms with Crippen LogP contribution in [0.3, 0.4) is 0 Å². The third-order valence-electron chi connectivity index (χ3n) is 4.98. The maximum absolute atomic E-state index is 13.8. The summed E-state index contributed by atoms with van der Waals surface area (Å²) in [5, 5.41) is 0. The molecule has 2 aromatic rings. The van der Waals surface area contributed by atoms with Crippen molar-refractivity contribution in [1.82, 2.24) is 9.80 Å². The highest BCUT2D eigenvalue weighted by molar-refractivity contribution is 5.96. The summed E-state index contributed by atoms with van der Waals surface area (Å²) in [4.78, 5) is 28.5. The maximum atomic E-state index is 13.8. The molecule has 0 aromatic heterocycles. The molecule has 2 aromatic carbocycles. The average Bonchev–Trinajstić information content (AvgIpc) is 2.72. The standard InChI is InChI=1S/C22H25FN2O2/c1-2-3-6-17-9-11-18(12-10-17)21(26)24-13-15-25(16-14-24)22(27)19-7-4-5-8-20(19)23/h4-5,7-12H,2-3,6,13-16H2,1H3. The number of rotatable bonds is 5. The molecule has 4 nitrogen and oxygen atoms in total. The molecule has 0 N–H and O–H groups in total. The van der Waals surface area contributed by atoms with Gasteiger partial charge in [0.1, 0.15) is 5.82 Å². The van der Waals surface area contributed by atoms with Gasteiger partial charge in [-0.2, -0.15) is 0 Å². The number of carbonyl (C=O) groups is 2. The molecule has 142 valence electrons. The fraction of sp³-hybridized carbons (Fsp3) is 0.364. The van der Waals surface area contributed by atoms with E-state index in [0.717, 1.165) is 19.3 Å². The van der Waals surface area contributed by atoms with Gasteiger partial charge in [-0.15, -0.1) is 0 Å². The van der Waals surface area contributed by atoms with Gasteiger partial charge >= 0.3 is 0 Å². The van der Waals surface area contributed by atoms with Crippen molar-refractivity contribution in [1.29, 1.82) is 0 Å². The highest BCUT2D eigenvalue weighted by Crippen LogP contribution is 2.15. The van der Waals surface area contributed by atoms with Crippen molar-refractivity contribution in [3.05, 3.63) is 71.0 Å². The van der Waals surface area contributed by atoms with E-state index in [1.54, 1.807) is 21.9 Å². The summed E-state index contributed by atoms with van der Waals surface area (Å²) in [5.41, 5.74) is 2.00. The van der Waals surface area contributed by atoms with E-state index in [1.807, 2.05) is 24.3 Å². The third-order valence-corrected chi connectivity index (χ3v) is 4.98. The molecular weight excluding hydrogens is 343 g/mol. The predicted octanol–water partition coefficient (Wildman–Crippen LogP) is 3.77. The molecule has 0 spiro atoms. The first-order valence-electron chi connectivity index (χ1n) is 9.52. The first kappa shape index (κ1) is 19.1. The van der Waals surface area contributed by atoms with Crippen molar-refractivity contribution < 1.29 is 14.0 Å². The van der Waals surface area contributed by atoms with Gasteiger partial charge in [0.2, 0.25) is 0 Å². The number of aryl methyl sites for hydroxylation is 1. The van der Waals surface area contributed by atoms with E-state index >= 15 is 0 Å². The molecule has 0 bridgehead atoms. The first-order chi connectivity index (χ1) is 13.1. The monoisotopic (exact) mass is 368 g/mol. The van der Waals surface area contributed by atoms with E-state index in [-0.39, 0.29) is 17.4 Å². The molecule has 0 atom stereocenters. The molecule has 1 heterocycles. The van der Waals surface area contributed by atoms with Crippen LogP contribution in [0.25, 0.3) is 0 Å². The fourth-order valence-corrected chi connectivity index (χ4v) is 3.30. The van der Waals surface area contributed by atoms with Crippen molar-refractivity contribution in [3.63, 3.8) is 0 Å². The molecule has 0 unspecified atom stereocenters. The molecule has 0 saturated carbocycles. The summed E-state index contributed by atoms with van der Waals surface area (Å²) >= 11 is 0. The Bertz CT molecular complexity index is 796. The lowest BCUT2D eigenvalue weighted by Gasteiger charge is -2.35. The minimum absolute atomic E-state index is 0.0185. The van der Waals surface area contributed by atoms with Crippen molar-refractivity contribution in [2.45, 2.75) is 26.2 Å². The Kier molecular flexibility index (Phi) is 6.22. The molecule has 1 saturated heterocycles. The van der Waals surface area contributed by atoms with Crippen LogP contribution in [0.5, 0.6) is 0 Å². The second-order valence-electron chi connectivity index (χ2n) is 6.86. The van der Waals surface area contributed by atoms with E-state index in [4.69, 9.17) is 0 Å². The van der Waals surface area contributed by atoms with Gasteiger partial charge in [0.25, 0.3) is 11.8 Å². The van der Waals surface area contributed by atoms with Crippen LogP contribution in [0.1, 0.15) is 46.0 Å². The number of amides is 2. The lowest BCUT2D eigenvalue weighted by Crippen LogP contribution is -2.50. The largest absolute Gasteiger partial charge is 0.335 e. The van der Waals surface area contributed by atoms with Crippen LogP contribution >= 0.6 is 0 Å². The highest BCUT2D eigenvalue weighted by atomic mass is 19.1. The van der Waals surface area contributed by atoms with Gasteiger partial charge in [-0.05, 0) is 42.7 Å². The van der Waals surface area contributed by atoms with Crippen molar-refractivity contribution in [3.8, 4) is 0 Å². The van der Waals surface area contributed by atoms with Crippen LogP contribution < -0.4 is 0 Å². The molecule has 27 heavy (non-hydrogen) atoms. The van der Waals surface area contributed by atoms with Gasteiger partial charge in [-0.1, -0.05) is 37.6 Å². The van der Waals surface area contributed by atoms with Crippen LogP contribution in [0.2, 0.25) is 0 Å². The van der Waals surface area contributed by atoms with Crippen LogP contribution in [0.15, 0.2) is 48.5 Å². The van der Waals surface area contributed by atoms with E-state index in [9.17, 15) is 14.0 Å². The lowest BCUT2D eigenvalue weighted by molar-refractivity contribution is 0.0533. The average molecular weight is 368 g/mol. The molecule has 3 rings (SSSR count). The Labute approximate surface area is 159 Å². The SMILES string of the molecule is CCCCc1ccc(C(=O)N2CCN(C(=O)c3ccccc3F)CC2)cc1. The van der Waals surface area contributed by atoms with Gasteiger partial charge in [-0.3, -0.25) is 9.59 Å². The number of hydrogen-bond donors (Lipinski definition) is 0. The molecule has 1 aliphatic rings. The topological polar surface area (TPSA) is 40.6 Å². The molecule has 0 aliphatic carbocycles. The molecule has 1 aliphatic heterocycles. The number of carbonyl (C=O) groups excluding carboxylic acids is 2. The fourth-order valence-electron chi connectivity index (χ4n) is 3.30. The third kappa shape index (κ3) is 4.54. The zero-order valence-corrected chi connectivity index (χ0v) is 15.7. The van der Waals surface area contributed by atoms with Gasteiger partial charge in [-0.25, -0.2) is 4.39 Å². The zero-order valence-electron chi connectivity index (χ0n) is 15.7. The number of unbranched alkanes of at least 4 members (excludes halogenated alkanes) is 1. The normalized spacial score (nSPS) is 14.3. The highest BCUT2D eigenvalue weighted by Gasteiger charge is 2.26. The van der Waals surface area contributed by atoms with Crippen LogP contribution in [0.4, 0.5) is 4.39 Å². The Morgan fingerprint density at radius 2 is 1.48 bits per heavy atom. The molecule has 1 fully saturated rings. The number of nitrogens with zero attached hydrogens (tertiary/aromatic N) is 2. The second kappa shape index (κ2) is 8.80. The number of benzene rings is 2. The van der Waals surface area contributed by atoms with E-state index in [2.05, 4.69) is 6.92 Å². The van der Waals surface area contributed by atoms with Gasteiger partial charge in [0.05, 0.1) is 5.56 Å². The maximum Gasteiger partial charge on any atom is 0.256 e. The zero-order chi connectivity index (χ0) is 19.2. The minimum atomic E-state index is -0.510. The lowest BCUT2D eigenvalue weighted by atomic mass is 10.1. The second-order valence-corrected chi connectivity index (χ2v) is 6.86. The predicted molar refractivity (Wildman–Crippen MR) is 103 cm³/mol. The Balaban J connectivity index is 1.58. The summed E-state index contributed by atoms with van der Waals surface area (Å²) < 4.78 is 13.8. The minimum Gasteiger partial charge on any atom is -0.335 e. The number of hydrogen-bond acceptors (Lipinski definition) is 2. The summed E-state index contributed by atoms with van der Waals surface area (Å²) in [6, 6.07) is 13.8. The van der Waals surface area contributed by atoms with E-state index in [1.165, 1.54) is 17.7 Å². The molecule has 2 amide bonds. The van der Waals surface area contributed by atoms with Gasteiger partial charge < -0.3 is 9.80 Å². The van der Waals surface area contributed by atoms with Crippen molar-refractivity contribution in [2.24, 2.45) is 0 Å². The van der Waals surface area contributed by atoms with Gasteiger partial charge in [0, 0.05) is 31.7 Å². The van der Waals surface area contributed by atoms with Crippen molar-refractivity contribution >= 4 is 11.8 Å². The summed E-state index contributed by atoms with van der Waals surface area (Å²) in [5.74, 6) is -0.848. The van der Waals surface area contributed by atoms with Gasteiger partial charge in [0.15, 0.2) is 0 Å². The smallest absolute Gasteiger partial charge is 0.256 e. The number of halogens is 1. The summed E-state index contributed by atoms with van der Waals surface area (Å²) in [6.45, 7) is 3.89. The Hall–Kier alpha value is -2.69. The molecular formula is C22H25FN2O2. The number of piperazine rings is 1.